The second-order valence-corrected chi connectivity index (χ2v) is 10.7. The van der Waals surface area contributed by atoms with Gasteiger partial charge in [-0.1, -0.05) is 46.8 Å². The molecule has 5 nitrogen and oxygen atoms in total. The first-order valence-corrected chi connectivity index (χ1v) is 13.7. The molecule has 0 aliphatic heterocycles. The van der Waals surface area contributed by atoms with E-state index < -0.39 is 0 Å². The van der Waals surface area contributed by atoms with E-state index in [2.05, 4.69) is 51.3 Å². The fraction of sp³-hybridized carbons (Fsp3) is 0.517. The molecule has 0 fully saturated rings. The molecule has 0 bridgehead atoms. The quantitative estimate of drug-likeness (QED) is 0.283. The highest BCUT2D eigenvalue weighted by Crippen LogP contribution is 2.27. The van der Waals surface area contributed by atoms with E-state index in [0.717, 1.165) is 42.8 Å². The Morgan fingerprint density at radius 3 is 1.97 bits per heavy atom. The van der Waals surface area contributed by atoms with Crippen LogP contribution < -0.4 is 15.4 Å². The predicted octanol–water partition coefficient (Wildman–Crippen LogP) is 8.80. The second kappa shape index (κ2) is 16.2. The Morgan fingerprint density at radius 1 is 0.914 bits per heavy atom. The van der Waals surface area contributed by atoms with Crippen molar-refractivity contribution in [3.05, 3.63) is 48.5 Å². The van der Waals surface area contributed by atoms with Crippen LogP contribution in [0.1, 0.15) is 89.8 Å². The van der Waals surface area contributed by atoms with Crippen molar-refractivity contribution in [3.8, 4) is 5.75 Å². The highest BCUT2D eigenvalue weighted by atomic mass is 32.2. The number of hydrogen-bond acceptors (Lipinski definition) is 4. The normalized spacial score (nSPS) is 11.6. The minimum atomic E-state index is -0.188. The van der Waals surface area contributed by atoms with Crippen LogP contribution in [0.2, 0.25) is 0 Å². The number of nitrogens with one attached hydrogen (secondary N) is 2. The number of benzene rings is 2. The van der Waals surface area contributed by atoms with Crippen molar-refractivity contribution in [2.75, 3.05) is 10.6 Å². The largest absolute Gasteiger partial charge is 0.488 e. The van der Waals surface area contributed by atoms with Gasteiger partial charge in [0.15, 0.2) is 0 Å². The van der Waals surface area contributed by atoms with E-state index in [1.165, 1.54) is 4.90 Å². The van der Waals surface area contributed by atoms with Gasteiger partial charge in [-0.25, -0.2) is 0 Å². The van der Waals surface area contributed by atoms with Crippen molar-refractivity contribution in [2.24, 2.45) is 0 Å². The Balaban J connectivity index is 0. The molecule has 2 aromatic carbocycles. The van der Waals surface area contributed by atoms with Crippen molar-refractivity contribution >= 4 is 35.0 Å². The summed E-state index contributed by atoms with van der Waals surface area (Å²) in [6.45, 7) is 14.6. The molecule has 0 heterocycles. The van der Waals surface area contributed by atoms with Crippen LogP contribution in [0.15, 0.2) is 53.4 Å². The zero-order chi connectivity index (χ0) is 26.3. The lowest BCUT2D eigenvalue weighted by atomic mass is 10.1. The van der Waals surface area contributed by atoms with Gasteiger partial charge in [0.2, 0.25) is 11.8 Å². The fourth-order valence-corrected chi connectivity index (χ4v) is 3.88. The molecule has 0 aliphatic rings. The summed E-state index contributed by atoms with van der Waals surface area (Å²) in [4.78, 5) is 24.2. The Labute approximate surface area is 219 Å². The first kappa shape index (κ1) is 30.6. The summed E-state index contributed by atoms with van der Waals surface area (Å²) in [5.74, 6) is 0.929. The lowest BCUT2D eigenvalue weighted by Crippen LogP contribution is -2.26. The first-order valence-electron chi connectivity index (χ1n) is 12.8. The van der Waals surface area contributed by atoms with Gasteiger partial charge in [-0.15, -0.1) is 11.8 Å². The SMILES string of the molecule is CCCC(=O)Nc1cccc(OC(C)(C)CC)c1.CCCC(=O)Nc1cccc(SC(C)CC)c1.[HH].[HH]. The van der Waals surface area contributed by atoms with Crippen LogP contribution >= 0.6 is 11.8 Å². The third-order valence-electron chi connectivity index (χ3n) is 5.35. The van der Waals surface area contributed by atoms with Crippen LogP contribution in [0, 0.1) is 0 Å². The molecule has 2 aromatic rings. The number of amides is 2. The zero-order valence-electron chi connectivity index (χ0n) is 22.6. The van der Waals surface area contributed by atoms with E-state index in [1.807, 2.05) is 68.1 Å². The van der Waals surface area contributed by atoms with Crippen LogP contribution in [0.4, 0.5) is 11.4 Å². The van der Waals surface area contributed by atoms with E-state index in [1.54, 1.807) is 0 Å². The molecule has 2 amide bonds. The van der Waals surface area contributed by atoms with E-state index >= 15 is 0 Å². The summed E-state index contributed by atoms with van der Waals surface area (Å²) in [7, 11) is 0. The number of ether oxygens (including phenoxy) is 1. The summed E-state index contributed by atoms with van der Waals surface area (Å²) in [6.07, 6.45) is 4.95. The second-order valence-electron chi connectivity index (χ2n) is 9.20. The number of carbonyl (C=O) groups is 2. The van der Waals surface area contributed by atoms with Crippen molar-refractivity contribution < 1.29 is 17.2 Å². The van der Waals surface area contributed by atoms with E-state index in [4.69, 9.17) is 4.74 Å². The summed E-state index contributed by atoms with van der Waals surface area (Å²) in [6, 6.07) is 15.6. The van der Waals surface area contributed by atoms with Gasteiger partial charge < -0.3 is 15.4 Å². The minimum absolute atomic E-state index is 0. The van der Waals surface area contributed by atoms with E-state index in [0.29, 0.717) is 18.1 Å². The Kier molecular flexibility index (Phi) is 14.2. The highest BCUT2D eigenvalue weighted by molar-refractivity contribution is 7.99. The summed E-state index contributed by atoms with van der Waals surface area (Å²) >= 11 is 1.85. The molecule has 1 atom stereocenters. The van der Waals surface area contributed by atoms with E-state index in [-0.39, 0.29) is 20.3 Å². The third-order valence-corrected chi connectivity index (χ3v) is 6.61. The van der Waals surface area contributed by atoms with Crippen molar-refractivity contribution in [3.63, 3.8) is 0 Å². The zero-order valence-corrected chi connectivity index (χ0v) is 23.4. The monoisotopic (exact) mass is 504 g/mol. The van der Waals surface area contributed by atoms with E-state index in [9.17, 15) is 9.59 Å². The van der Waals surface area contributed by atoms with Crippen molar-refractivity contribution in [1.82, 2.24) is 0 Å². The molecule has 0 aliphatic carbocycles. The lowest BCUT2D eigenvalue weighted by Gasteiger charge is -2.25. The van der Waals surface area contributed by atoms with Gasteiger partial charge in [0.25, 0.3) is 0 Å². The average molecular weight is 505 g/mol. The van der Waals surface area contributed by atoms with Crippen LogP contribution in [-0.2, 0) is 9.59 Å². The third kappa shape index (κ3) is 13.3. The smallest absolute Gasteiger partial charge is 0.224 e. The molecule has 2 rings (SSSR count). The number of rotatable bonds is 12. The summed E-state index contributed by atoms with van der Waals surface area (Å²) in [5.41, 5.74) is 1.50. The van der Waals surface area contributed by atoms with Gasteiger partial charge in [-0.2, -0.15) is 0 Å². The molecular formula is C29H48N2O3S. The molecule has 0 radical (unpaired) electrons. The average Bonchev–Trinajstić information content (AvgIpc) is 2.80. The molecule has 0 aromatic heterocycles. The van der Waals surface area contributed by atoms with Gasteiger partial charge in [-0.05, 0) is 69.9 Å². The summed E-state index contributed by atoms with van der Waals surface area (Å²) in [5, 5.41) is 6.40. The fourth-order valence-electron chi connectivity index (χ4n) is 2.89. The van der Waals surface area contributed by atoms with Crippen molar-refractivity contribution in [2.45, 2.75) is 103 Å². The van der Waals surface area contributed by atoms with Gasteiger partial charge in [0.05, 0.1) is 0 Å². The molecule has 0 spiro atoms. The molecule has 35 heavy (non-hydrogen) atoms. The maximum Gasteiger partial charge on any atom is 0.224 e. The molecule has 2 N–H and O–H groups in total. The first-order chi connectivity index (χ1) is 16.6. The van der Waals surface area contributed by atoms with Crippen LogP contribution in [0.25, 0.3) is 0 Å². The lowest BCUT2D eigenvalue weighted by molar-refractivity contribution is -0.117. The molecular weight excluding hydrogens is 456 g/mol. The highest BCUT2D eigenvalue weighted by Gasteiger charge is 2.16. The van der Waals surface area contributed by atoms with Crippen LogP contribution in [0.5, 0.6) is 5.75 Å². The van der Waals surface area contributed by atoms with Crippen molar-refractivity contribution in [1.29, 1.82) is 0 Å². The Hall–Kier alpha value is -2.47. The van der Waals surface area contributed by atoms with Gasteiger partial charge in [-0.3, -0.25) is 9.59 Å². The molecule has 198 valence electrons. The summed E-state index contributed by atoms with van der Waals surface area (Å²) < 4.78 is 5.88. The maximum atomic E-state index is 11.5. The maximum absolute atomic E-state index is 11.5. The Bertz CT molecular complexity index is 926. The number of thioether (sulfide) groups is 1. The van der Waals surface area contributed by atoms with Crippen LogP contribution in [-0.4, -0.2) is 22.7 Å². The minimum Gasteiger partial charge on any atom is -0.488 e. The molecule has 0 saturated heterocycles. The number of anilines is 2. The Morgan fingerprint density at radius 2 is 1.46 bits per heavy atom. The van der Waals surface area contributed by atoms with Gasteiger partial charge in [0.1, 0.15) is 11.4 Å². The standard InChI is InChI=1S/C15H23NO2.C14H21NOS.2H2/c1-5-8-14(17)16-12-9-7-10-13(11-12)18-15(3,4)6-2;1-4-7-14(16)15-12-8-6-9-13(10-12)17-11(3)5-2;;/h7,9-11H,5-6,8H2,1-4H3,(H,16,17);6,8-11H,4-5,7H2,1-3H3,(H,15,16);2*1H. The van der Waals surface area contributed by atoms with Gasteiger partial charge in [0, 0.05) is 43.3 Å². The molecule has 6 heteroatoms. The number of hydrogen-bond donors (Lipinski definition) is 2. The molecule has 1 unspecified atom stereocenters. The van der Waals surface area contributed by atoms with Gasteiger partial charge >= 0.3 is 0 Å². The van der Waals surface area contributed by atoms with Crippen LogP contribution in [0.3, 0.4) is 0 Å². The topological polar surface area (TPSA) is 67.4 Å². The number of carbonyl (C=O) groups excluding carboxylic acids is 2. The predicted molar refractivity (Wildman–Crippen MR) is 155 cm³/mol. The molecule has 0 saturated carbocycles.